The molecule has 0 aliphatic carbocycles. The lowest BCUT2D eigenvalue weighted by atomic mass is 10.3. The number of rotatable bonds is 8. The van der Waals surface area contributed by atoms with Gasteiger partial charge in [0, 0.05) is 6.54 Å². The molecule has 0 aliphatic heterocycles. The normalized spacial score (nSPS) is 11.9. The van der Waals surface area contributed by atoms with Gasteiger partial charge in [0.1, 0.15) is 0 Å². The number of carboxylic acid groups (broad SMARTS) is 1. The van der Waals surface area contributed by atoms with E-state index in [1.165, 1.54) is 0 Å². The molecular weight excluding hydrogens is 232 g/mol. The number of unbranched alkanes of at least 4 members (excludes halogenated alkanes) is 1. The van der Waals surface area contributed by atoms with E-state index in [0.29, 0.717) is 6.54 Å². The number of hydrogen-bond acceptors (Lipinski definition) is 4. The summed E-state index contributed by atoms with van der Waals surface area (Å²) in [6.45, 7) is 0.265. The molecule has 6 nitrogen and oxygen atoms in total. The number of aliphatic hydroxyl groups excluding tert-OH is 1. The van der Waals surface area contributed by atoms with E-state index in [1.807, 2.05) is 6.26 Å². The average Bonchev–Trinajstić information content (AvgIpc) is 2.25. The summed E-state index contributed by atoms with van der Waals surface area (Å²) < 4.78 is 0. The molecule has 0 spiro atoms. The second-order valence-corrected chi connectivity index (χ2v) is 4.18. The zero-order valence-electron chi connectivity index (χ0n) is 9.23. The third-order valence-electron chi connectivity index (χ3n) is 1.80. The van der Waals surface area contributed by atoms with Crippen LogP contribution in [0.25, 0.3) is 0 Å². The van der Waals surface area contributed by atoms with Crippen molar-refractivity contribution < 1.29 is 19.8 Å². The van der Waals surface area contributed by atoms with E-state index in [0.717, 1.165) is 18.6 Å². The number of hydrogen-bond donors (Lipinski definition) is 4. The molecule has 0 aromatic heterocycles. The van der Waals surface area contributed by atoms with Crippen LogP contribution in [0.4, 0.5) is 4.79 Å². The van der Waals surface area contributed by atoms with Gasteiger partial charge in [-0.2, -0.15) is 11.8 Å². The van der Waals surface area contributed by atoms with E-state index in [2.05, 4.69) is 10.6 Å². The summed E-state index contributed by atoms with van der Waals surface area (Å²) >= 11 is 1.75. The second-order valence-electron chi connectivity index (χ2n) is 3.19. The van der Waals surface area contributed by atoms with E-state index in [9.17, 15) is 9.59 Å². The van der Waals surface area contributed by atoms with Gasteiger partial charge in [0.05, 0.1) is 6.54 Å². The molecule has 0 rings (SSSR count). The smallest absolute Gasteiger partial charge is 0.334 e. The number of carbonyl (C=O) groups excluding carboxylic acids is 1. The Kier molecular flexibility index (Phi) is 8.74. The van der Waals surface area contributed by atoms with Crippen molar-refractivity contribution in [2.45, 2.75) is 18.9 Å². The van der Waals surface area contributed by atoms with Crippen LogP contribution in [0.1, 0.15) is 12.8 Å². The summed E-state index contributed by atoms with van der Waals surface area (Å²) in [6.07, 6.45) is 2.38. The molecule has 94 valence electrons. The van der Waals surface area contributed by atoms with Crippen molar-refractivity contribution in [2.75, 3.05) is 25.1 Å². The van der Waals surface area contributed by atoms with Crippen LogP contribution in [0.2, 0.25) is 0 Å². The van der Waals surface area contributed by atoms with Gasteiger partial charge in [-0.3, -0.25) is 0 Å². The molecule has 0 radical (unpaired) electrons. The van der Waals surface area contributed by atoms with Crippen molar-refractivity contribution in [2.24, 2.45) is 0 Å². The number of nitrogens with one attached hydrogen (secondary N) is 2. The highest BCUT2D eigenvalue weighted by atomic mass is 32.2. The highest BCUT2D eigenvalue weighted by Crippen LogP contribution is 1.97. The second kappa shape index (κ2) is 9.29. The molecule has 0 aromatic carbocycles. The molecule has 16 heavy (non-hydrogen) atoms. The lowest BCUT2D eigenvalue weighted by Gasteiger charge is -2.09. The fourth-order valence-corrected chi connectivity index (χ4v) is 1.41. The van der Waals surface area contributed by atoms with Gasteiger partial charge in [-0.25, -0.2) is 9.59 Å². The molecule has 0 heterocycles. The Morgan fingerprint density at radius 2 is 2.00 bits per heavy atom. The number of aliphatic carboxylic acids is 1. The summed E-state index contributed by atoms with van der Waals surface area (Å²) in [4.78, 5) is 21.3. The van der Waals surface area contributed by atoms with Crippen molar-refractivity contribution in [1.29, 1.82) is 0 Å². The summed E-state index contributed by atoms with van der Waals surface area (Å²) in [7, 11) is 0. The lowest BCUT2D eigenvalue weighted by molar-refractivity contribution is -0.146. The third-order valence-corrected chi connectivity index (χ3v) is 2.50. The first-order valence-electron chi connectivity index (χ1n) is 4.99. The Labute approximate surface area is 98.8 Å². The van der Waals surface area contributed by atoms with Gasteiger partial charge in [0.2, 0.25) is 0 Å². The van der Waals surface area contributed by atoms with Crippen LogP contribution in [0, 0.1) is 0 Å². The maximum Gasteiger partial charge on any atom is 0.334 e. The predicted octanol–water partition coefficient (Wildman–Crippen LogP) is -0.126. The van der Waals surface area contributed by atoms with E-state index >= 15 is 0 Å². The standard InChI is InChI=1S/C9H18N2O4S/c1-16-5-3-2-4-10-9(15)11-6-7(12)8(13)14/h7,12H,2-6H2,1H3,(H,13,14)(H2,10,11,15). The SMILES string of the molecule is CSCCCCNC(=O)NCC(O)C(=O)O. The average molecular weight is 250 g/mol. The van der Waals surface area contributed by atoms with Gasteiger partial charge in [0.25, 0.3) is 0 Å². The van der Waals surface area contributed by atoms with Gasteiger partial charge in [-0.1, -0.05) is 0 Å². The van der Waals surface area contributed by atoms with Crippen LogP contribution in [-0.2, 0) is 4.79 Å². The van der Waals surface area contributed by atoms with Crippen LogP contribution < -0.4 is 10.6 Å². The minimum absolute atomic E-state index is 0.286. The molecule has 0 bridgehead atoms. The zero-order valence-corrected chi connectivity index (χ0v) is 10.0. The summed E-state index contributed by atoms with van der Waals surface area (Å²) in [5.74, 6) is -0.290. The fourth-order valence-electron chi connectivity index (χ4n) is 0.913. The molecule has 0 saturated carbocycles. The molecule has 1 atom stereocenters. The summed E-state index contributed by atoms with van der Waals surface area (Å²) in [6, 6.07) is -0.454. The van der Waals surface area contributed by atoms with E-state index < -0.39 is 18.1 Å². The van der Waals surface area contributed by atoms with Gasteiger partial charge in [-0.15, -0.1) is 0 Å². The Balaban J connectivity index is 3.41. The summed E-state index contributed by atoms with van der Waals surface area (Å²) in [5.41, 5.74) is 0. The minimum Gasteiger partial charge on any atom is -0.479 e. The number of urea groups is 1. The molecule has 4 N–H and O–H groups in total. The highest BCUT2D eigenvalue weighted by Gasteiger charge is 2.13. The molecular formula is C9H18N2O4S. The Hall–Kier alpha value is -0.950. The number of amides is 2. The molecule has 0 aliphatic rings. The highest BCUT2D eigenvalue weighted by molar-refractivity contribution is 7.98. The first-order chi connectivity index (χ1) is 7.57. The largest absolute Gasteiger partial charge is 0.479 e. The van der Waals surface area contributed by atoms with Crippen LogP contribution in [0.15, 0.2) is 0 Å². The Morgan fingerprint density at radius 1 is 1.31 bits per heavy atom. The van der Waals surface area contributed by atoms with Crippen LogP contribution in [0.3, 0.4) is 0 Å². The zero-order chi connectivity index (χ0) is 12.4. The number of carbonyl (C=O) groups is 2. The minimum atomic E-state index is -1.55. The number of carboxylic acids is 1. The van der Waals surface area contributed by atoms with Crippen molar-refractivity contribution in [3.63, 3.8) is 0 Å². The fraction of sp³-hybridized carbons (Fsp3) is 0.778. The molecule has 0 aromatic rings. The molecule has 0 fully saturated rings. The molecule has 1 unspecified atom stereocenters. The van der Waals surface area contributed by atoms with Gasteiger partial charge in [0.15, 0.2) is 6.10 Å². The third kappa shape index (κ3) is 8.37. The maximum absolute atomic E-state index is 11.1. The Morgan fingerprint density at radius 3 is 2.56 bits per heavy atom. The van der Waals surface area contributed by atoms with E-state index in [4.69, 9.17) is 10.2 Å². The monoisotopic (exact) mass is 250 g/mol. The number of thioether (sulfide) groups is 1. The van der Waals surface area contributed by atoms with Crippen molar-refractivity contribution in [3.05, 3.63) is 0 Å². The van der Waals surface area contributed by atoms with Gasteiger partial charge < -0.3 is 20.8 Å². The predicted molar refractivity (Wildman–Crippen MR) is 62.7 cm³/mol. The van der Waals surface area contributed by atoms with Crippen LogP contribution >= 0.6 is 11.8 Å². The summed E-state index contributed by atoms with van der Waals surface area (Å²) in [5, 5.41) is 22.1. The van der Waals surface area contributed by atoms with Crippen LogP contribution in [-0.4, -0.2) is 53.4 Å². The first kappa shape index (κ1) is 15.0. The first-order valence-corrected chi connectivity index (χ1v) is 6.38. The van der Waals surface area contributed by atoms with Gasteiger partial charge >= 0.3 is 12.0 Å². The quantitative estimate of drug-likeness (QED) is 0.450. The van der Waals surface area contributed by atoms with Gasteiger partial charge in [-0.05, 0) is 24.9 Å². The molecule has 2 amide bonds. The molecule has 0 saturated heterocycles. The molecule has 7 heteroatoms. The van der Waals surface area contributed by atoms with Crippen LogP contribution in [0.5, 0.6) is 0 Å². The van der Waals surface area contributed by atoms with E-state index in [-0.39, 0.29) is 6.54 Å². The Bertz CT molecular complexity index is 226. The number of aliphatic hydroxyl groups is 1. The van der Waals surface area contributed by atoms with Crippen molar-refractivity contribution in [1.82, 2.24) is 10.6 Å². The maximum atomic E-state index is 11.1. The lowest BCUT2D eigenvalue weighted by Crippen LogP contribution is -2.42. The van der Waals surface area contributed by atoms with Crippen molar-refractivity contribution >= 4 is 23.8 Å². The topological polar surface area (TPSA) is 98.7 Å². The van der Waals surface area contributed by atoms with Crippen molar-refractivity contribution in [3.8, 4) is 0 Å². The van der Waals surface area contributed by atoms with E-state index in [1.54, 1.807) is 11.8 Å².